The summed E-state index contributed by atoms with van der Waals surface area (Å²) in [6, 6.07) is 11.6. The van der Waals surface area contributed by atoms with Gasteiger partial charge in [-0.25, -0.2) is 9.79 Å². The minimum atomic E-state index is -0.709. The molecule has 34 heavy (non-hydrogen) atoms. The summed E-state index contributed by atoms with van der Waals surface area (Å²) >= 11 is 7.33. The van der Waals surface area contributed by atoms with E-state index in [0.717, 1.165) is 0 Å². The molecule has 2 aromatic rings. The monoisotopic (exact) mass is 503 g/mol. The molecule has 1 aliphatic rings. The fourth-order valence-electron chi connectivity index (χ4n) is 3.35. The molecule has 0 aromatic heterocycles. The van der Waals surface area contributed by atoms with Crippen LogP contribution in [0.4, 0.5) is 5.69 Å². The third-order valence-corrected chi connectivity index (χ3v) is 6.15. The van der Waals surface area contributed by atoms with Crippen molar-refractivity contribution in [3.8, 4) is 11.5 Å². The first kappa shape index (κ1) is 25.5. The van der Waals surface area contributed by atoms with E-state index in [1.165, 1.54) is 11.8 Å². The van der Waals surface area contributed by atoms with Gasteiger partial charge in [0.1, 0.15) is 17.5 Å². The van der Waals surface area contributed by atoms with Gasteiger partial charge in [0.05, 0.1) is 42.9 Å². The van der Waals surface area contributed by atoms with Crippen LogP contribution in [-0.2, 0) is 14.3 Å². The Hall–Kier alpha value is -3.17. The molecule has 3 rings (SSSR count). The van der Waals surface area contributed by atoms with Crippen molar-refractivity contribution < 1.29 is 23.8 Å². The van der Waals surface area contributed by atoms with Gasteiger partial charge >= 0.3 is 5.97 Å². The number of rotatable bonds is 8. The topological polar surface area (TPSA) is 98.2 Å². The number of methoxy groups -OCH3 is 2. The number of carbonyl (C=O) groups is 2. The number of aliphatic imine (C=N–C) groups is 1. The molecule has 1 aliphatic heterocycles. The fourth-order valence-corrected chi connectivity index (χ4v) is 4.28. The molecule has 0 saturated carbocycles. The number of nitrogens with one attached hydrogen (secondary N) is 2. The number of hydrogen-bond acceptors (Lipinski definition) is 8. The molecule has 0 bridgehead atoms. The molecule has 0 spiro atoms. The largest absolute Gasteiger partial charge is 0.497 e. The van der Waals surface area contributed by atoms with Gasteiger partial charge in [-0.3, -0.25) is 4.79 Å². The van der Waals surface area contributed by atoms with Crippen LogP contribution in [0.5, 0.6) is 11.5 Å². The highest BCUT2D eigenvalue weighted by Gasteiger charge is 2.32. The van der Waals surface area contributed by atoms with Gasteiger partial charge in [0.25, 0.3) is 0 Å². The van der Waals surface area contributed by atoms with Crippen LogP contribution in [0.1, 0.15) is 25.5 Å². The number of ether oxygens (including phenoxy) is 3. The van der Waals surface area contributed by atoms with Crippen molar-refractivity contribution in [2.75, 3.05) is 31.9 Å². The quantitative estimate of drug-likeness (QED) is 0.509. The Labute approximate surface area is 207 Å². The van der Waals surface area contributed by atoms with E-state index in [-0.39, 0.29) is 18.3 Å². The minimum Gasteiger partial charge on any atom is -0.497 e. The third kappa shape index (κ3) is 6.03. The van der Waals surface area contributed by atoms with E-state index < -0.39 is 12.0 Å². The number of benzene rings is 2. The first-order valence-corrected chi connectivity index (χ1v) is 11.9. The summed E-state index contributed by atoms with van der Waals surface area (Å²) in [4.78, 5) is 30.0. The number of para-hydroxylation sites is 1. The number of esters is 1. The van der Waals surface area contributed by atoms with Gasteiger partial charge in [0.15, 0.2) is 5.17 Å². The molecule has 1 heterocycles. The maximum atomic E-state index is 12.8. The average Bonchev–Trinajstić information content (AvgIpc) is 2.83. The van der Waals surface area contributed by atoms with E-state index in [4.69, 9.17) is 30.8 Å². The van der Waals surface area contributed by atoms with Crippen molar-refractivity contribution in [3.05, 3.63) is 64.3 Å². The molecule has 2 N–H and O–H groups in total. The Bertz CT molecular complexity index is 1140. The number of carbonyl (C=O) groups excluding carboxylic acids is 2. The molecular formula is C24H26ClN3O5S. The van der Waals surface area contributed by atoms with Gasteiger partial charge in [-0.1, -0.05) is 35.5 Å². The summed E-state index contributed by atoms with van der Waals surface area (Å²) in [5.41, 5.74) is 2.12. The van der Waals surface area contributed by atoms with Gasteiger partial charge in [-0.2, -0.15) is 0 Å². The first-order chi connectivity index (χ1) is 16.4. The highest BCUT2D eigenvalue weighted by atomic mass is 35.5. The molecule has 10 heteroatoms. The van der Waals surface area contributed by atoms with Crippen LogP contribution < -0.4 is 20.1 Å². The van der Waals surface area contributed by atoms with Crippen molar-refractivity contribution in [1.82, 2.24) is 5.32 Å². The number of nitrogens with zero attached hydrogens (tertiary/aromatic N) is 1. The van der Waals surface area contributed by atoms with E-state index in [0.29, 0.717) is 44.2 Å². The number of anilines is 1. The van der Waals surface area contributed by atoms with Crippen LogP contribution in [0.3, 0.4) is 0 Å². The molecule has 1 atom stereocenters. The van der Waals surface area contributed by atoms with Gasteiger partial charge in [0, 0.05) is 11.3 Å². The Morgan fingerprint density at radius 1 is 1.18 bits per heavy atom. The second-order valence-electron chi connectivity index (χ2n) is 7.15. The Morgan fingerprint density at radius 2 is 1.94 bits per heavy atom. The smallest absolute Gasteiger partial charge is 0.338 e. The normalized spacial score (nSPS) is 15.2. The molecule has 0 saturated heterocycles. The summed E-state index contributed by atoms with van der Waals surface area (Å²) in [6.07, 6.45) is 0. The SMILES string of the molecule is CCOC(=O)C1=C(C)NC(SCC(=O)Nc2ccccc2Cl)=N[C@H]1c1cc(OC)ccc1OC. The predicted octanol–water partition coefficient (Wildman–Crippen LogP) is 4.57. The number of amides is 1. The zero-order valence-electron chi connectivity index (χ0n) is 19.3. The average molecular weight is 504 g/mol. The van der Waals surface area contributed by atoms with Crippen molar-refractivity contribution in [2.24, 2.45) is 4.99 Å². The zero-order valence-corrected chi connectivity index (χ0v) is 20.9. The van der Waals surface area contributed by atoms with Gasteiger partial charge in [-0.05, 0) is 44.2 Å². The lowest BCUT2D eigenvalue weighted by atomic mass is 9.95. The van der Waals surface area contributed by atoms with Crippen molar-refractivity contribution in [2.45, 2.75) is 19.9 Å². The minimum absolute atomic E-state index is 0.0844. The summed E-state index contributed by atoms with van der Waals surface area (Å²) in [5.74, 6) is 0.509. The number of allylic oxidation sites excluding steroid dienone is 1. The second-order valence-corrected chi connectivity index (χ2v) is 8.52. The van der Waals surface area contributed by atoms with E-state index in [1.807, 2.05) is 0 Å². The molecular weight excluding hydrogens is 478 g/mol. The maximum absolute atomic E-state index is 12.8. The first-order valence-electron chi connectivity index (χ1n) is 10.5. The van der Waals surface area contributed by atoms with E-state index in [9.17, 15) is 9.59 Å². The maximum Gasteiger partial charge on any atom is 0.338 e. The second kappa shape index (κ2) is 11.8. The van der Waals surface area contributed by atoms with E-state index >= 15 is 0 Å². The van der Waals surface area contributed by atoms with Crippen LogP contribution in [-0.4, -0.2) is 43.6 Å². The Balaban J connectivity index is 1.88. The van der Waals surface area contributed by atoms with Crippen molar-refractivity contribution in [1.29, 1.82) is 0 Å². The molecule has 180 valence electrons. The third-order valence-electron chi connectivity index (χ3n) is 4.93. The number of halogens is 1. The number of hydrogen-bond donors (Lipinski definition) is 2. The summed E-state index contributed by atoms with van der Waals surface area (Å²) in [5, 5.41) is 6.84. The lowest BCUT2D eigenvalue weighted by Crippen LogP contribution is -2.31. The number of amidine groups is 1. The standard InChI is InChI=1S/C24H26ClN3O5S/c1-5-33-23(30)21-14(2)26-24(34-13-20(29)27-18-9-7-6-8-17(18)25)28-22(21)16-12-15(31-3)10-11-19(16)32-4/h6-12,22H,5,13H2,1-4H3,(H,26,28)(H,27,29)/t22-/m0/s1. The fraction of sp³-hybridized carbons (Fsp3) is 0.292. The summed E-state index contributed by atoms with van der Waals surface area (Å²) < 4.78 is 16.2. The van der Waals surface area contributed by atoms with Gasteiger partial charge < -0.3 is 24.8 Å². The van der Waals surface area contributed by atoms with Crippen LogP contribution >= 0.6 is 23.4 Å². The highest BCUT2D eigenvalue weighted by Crippen LogP contribution is 2.39. The summed E-state index contributed by atoms with van der Waals surface area (Å²) in [7, 11) is 3.11. The Kier molecular flexibility index (Phi) is 8.84. The molecule has 8 nitrogen and oxygen atoms in total. The van der Waals surface area contributed by atoms with E-state index in [1.54, 1.807) is 70.5 Å². The molecule has 0 aliphatic carbocycles. The molecule has 1 amide bonds. The molecule has 0 radical (unpaired) electrons. The lowest BCUT2D eigenvalue weighted by Gasteiger charge is -2.27. The number of thioether (sulfide) groups is 1. The van der Waals surface area contributed by atoms with Crippen LogP contribution in [0.2, 0.25) is 5.02 Å². The van der Waals surface area contributed by atoms with Crippen molar-refractivity contribution >= 4 is 46.1 Å². The summed E-state index contributed by atoms with van der Waals surface area (Å²) in [6.45, 7) is 3.74. The van der Waals surface area contributed by atoms with Crippen LogP contribution in [0, 0.1) is 0 Å². The molecule has 2 aromatic carbocycles. The molecule has 0 fully saturated rings. The van der Waals surface area contributed by atoms with E-state index in [2.05, 4.69) is 10.6 Å². The van der Waals surface area contributed by atoms with Crippen LogP contribution in [0.15, 0.2) is 58.7 Å². The lowest BCUT2D eigenvalue weighted by molar-refractivity contribution is -0.139. The van der Waals surface area contributed by atoms with Crippen LogP contribution in [0.25, 0.3) is 0 Å². The highest BCUT2D eigenvalue weighted by molar-refractivity contribution is 8.14. The molecule has 0 unspecified atom stereocenters. The zero-order chi connectivity index (χ0) is 24.7. The van der Waals surface area contributed by atoms with Gasteiger partial charge in [0.2, 0.25) is 5.91 Å². The van der Waals surface area contributed by atoms with Gasteiger partial charge in [-0.15, -0.1) is 0 Å². The van der Waals surface area contributed by atoms with Crippen molar-refractivity contribution in [3.63, 3.8) is 0 Å². The Morgan fingerprint density at radius 3 is 2.62 bits per heavy atom. The predicted molar refractivity (Wildman–Crippen MR) is 135 cm³/mol.